The number of anilines is 1. The molecule has 0 radical (unpaired) electrons. The first-order valence-corrected chi connectivity index (χ1v) is 15.3. The van der Waals surface area contributed by atoms with E-state index in [1.165, 1.54) is 0 Å². The standard InChI is InChI=1S/C19H23N7.C15H16N4O2/c1-11-9-24-19(25-16(20)8-12(2)21-3)26-17(11)14-10-23-18-13(14)6-5-7-15(18)22-4;20-8-7-19-6-3-14(11-19)21-15-17-9-13(10-18-15)12-1-4-16-5-2-12/h5-10,21-23H,1-4H3,(H2,20,24,25,26);1-2,4-5,8-10,14H,3,6-7,11H2/b12-8-;. The van der Waals surface area contributed by atoms with Crippen LogP contribution in [0.5, 0.6) is 6.01 Å². The quantitative estimate of drug-likeness (QED) is 0.0983. The summed E-state index contributed by atoms with van der Waals surface area (Å²) in [6, 6.07) is 10.3. The van der Waals surface area contributed by atoms with Crippen molar-refractivity contribution in [1.82, 2.24) is 40.1 Å². The largest absolute Gasteiger partial charge is 0.459 e. The number of fused-ring (bicyclic) bond motifs is 1. The summed E-state index contributed by atoms with van der Waals surface area (Å²) in [5.74, 6) is 0.686. The highest BCUT2D eigenvalue weighted by atomic mass is 16.5. The summed E-state index contributed by atoms with van der Waals surface area (Å²) in [7, 11) is 3.73. The predicted molar refractivity (Wildman–Crippen MR) is 185 cm³/mol. The van der Waals surface area contributed by atoms with Crippen molar-refractivity contribution in [3.05, 3.63) is 84.8 Å². The maximum Gasteiger partial charge on any atom is 0.316 e. The number of aldehydes is 1. The van der Waals surface area contributed by atoms with Gasteiger partial charge in [-0.25, -0.2) is 19.9 Å². The van der Waals surface area contributed by atoms with Gasteiger partial charge < -0.3 is 30.9 Å². The lowest BCUT2D eigenvalue weighted by Gasteiger charge is -2.13. The zero-order valence-electron chi connectivity index (χ0n) is 26.9. The van der Waals surface area contributed by atoms with Gasteiger partial charge in [-0.3, -0.25) is 9.88 Å². The van der Waals surface area contributed by atoms with Crippen LogP contribution in [0.3, 0.4) is 0 Å². The number of nitrogens with zero attached hydrogens (tertiary/aromatic N) is 7. The highest BCUT2D eigenvalue weighted by Crippen LogP contribution is 2.33. The van der Waals surface area contributed by atoms with Crippen LogP contribution < -0.4 is 21.1 Å². The lowest BCUT2D eigenvalue weighted by Crippen LogP contribution is -2.26. The number of hydrogen-bond donors (Lipinski definition) is 4. The summed E-state index contributed by atoms with van der Waals surface area (Å²) in [6.45, 7) is 5.97. The van der Waals surface area contributed by atoms with Gasteiger partial charge in [-0.15, -0.1) is 0 Å². The molecule has 0 aliphatic carbocycles. The third-order valence-electron chi connectivity index (χ3n) is 7.66. The summed E-state index contributed by atoms with van der Waals surface area (Å²) in [4.78, 5) is 41.6. The minimum atomic E-state index is 0.0525. The second-order valence-electron chi connectivity index (χ2n) is 10.9. The lowest BCUT2D eigenvalue weighted by atomic mass is 10.1. The number of ether oxygens (including phenoxy) is 1. The van der Waals surface area contributed by atoms with Crippen molar-refractivity contribution in [2.75, 3.05) is 39.0 Å². The van der Waals surface area contributed by atoms with E-state index in [0.29, 0.717) is 24.3 Å². The number of aliphatic imine (C=N–C) groups is 1. The van der Waals surface area contributed by atoms with Gasteiger partial charge in [-0.2, -0.15) is 4.99 Å². The molecule has 1 unspecified atom stereocenters. The monoisotopic (exact) mass is 633 g/mol. The van der Waals surface area contributed by atoms with Gasteiger partial charge in [0.1, 0.15) is 18.2 Å². The number of benzene rings is 1. The molecule has 5 heterocycles. The van der Waals surface area contributed by atoms with Crippen LogP contribution in [-0.2, 0) is 4.79 Å². The molecular weight excluding hydrogens is 594 g/mol. The number of aromatic amines is 1. The van der Waals surface area contributed by atoms with Crippen molar-refractivity contribution in [3.8, 4) is 28.4 Å². The smallest absolute Gasteiger partial charge is 0.316 e. The average Bonchev–Trinajstić information content (AvgIpc) is 3.73. The molecule has 13 nitrogen and oxygen atoms in total. The number of nitrogens with two attached hydrogens (primary N) is 1. The summed E-state index contributed by atoms with van der Waals surface area (Å²) in [5.41, 5.74) is 13.7. The van der Waals surface area contributed by atoms with E-state index < -0.39 is 0 Å². The Bertz CT molecular complexity index is 1850. The van der Waals surface area contributed by atoms with Crippen molar-refractivity contribution in [3.63, 3.8) is 0 Å². The van der Waals surface area contributed by atoms with Crippen molar-refractivity contribution in [2.24, 2.45) is 10.7 Å². The van der Waals surface area contributed by atoms with Crippen molar-refractivity contribution >= 4 is 34.7 Å². The highest BCUT2D eigenvalue weighted by Gasteiger charge is 2.24. The number of carbonyl (C=O) groups excluding carboxylic acids is 1. The lowest BCUT2D eigenvalue weighted by molar-refractivity contribution is -0.108. The fraction of sp³-hybridized carbons (Fsp3) is 0.265. The molecule has 1 aliphatic rings. The van der Waals surface area contributed by atoms with Gasteiger partial charge in [0.05, 0.1) is 23.4 Å². The molecular formula is C34H39N11O2. The molecule has 13 heteroatoms. The highest BCUT2D eigenvalue weighted by molar-refractivity contribution is 6.01. The molecule has 0 spiro atoms. The molecule has 0 amide bonds. The Morgan fingerprint density at radius 1 is 1.13 bits per heavy atom. The number of likely N-dealkylation sites (tertiary alicyclic amines) is 1. The van der Waals surface area contributed by atoms with Crippen LogP contribution in [0.4, 0.5) is 11.6 Å². The summed E-state index contributed by atoms with van der Waals surface area (Å²) < 4.78 is 5.75. The minimum Gasteiger partial charge on any atom is -0.459 e. The second kappa shape index (κ2) is 15.5. The number of hydrogen-bond acceptors (Lipinski definition) is 11. The van der Waals surface area contributed by atoms with Crippen molar-refractivity contribution in [1.29, 1.82) is 0 Å². The van der Waals surface area contributed by atoms with Gasteiger partial charge in [-0.1, -0.05) is 12.1 Å². The van der Waals surface area contributed by atoms with Crippen molar-refractivity contribution < 1.29 is 9.53 Å². The molecule has 5 aromatic rings. The van der Waals surface area contributed by atoms with E-state index in [-0.39, 0.29) is 6.10 Å². The summed E-state index contributed by atoms with van der Waals surface area (Å²) >= 11 is 0. The Hall–Kier alpha value is -5.69. The topological polar surface area (TPSA) is 172 Å². The van der Waals surface area contributed by atoms with Crippen LogP contribution in [0.2, 0.25) is 0 Å². The number of carbonyl (C=O) groups is 1. The van der Waals surface area contributed by atoms with Crippen LogP contribution >= 0.6 is 0 Å². The van der Waals surface area contributed by atoms with Gasteiger partial charge in [-0.05, 0) is 55.7 Å². The Balaban J connectivity index is 0.000000189. The van der Waals surface area contributed by atoms with Crippen LogP contribution in [0, 0.1) is 6.92 Å². The van der Waals surface area contributed by atoms with E-state index in [9.17, 15) is 4.79 Å². The van der Waals surface area contributed by atoms with Gasteiger partial charge >= 0.3 is 6.01 Å². The predicted octanol–water partition coefficient (Wildman–Crippen LogP) is 4.28. The second-order valence-corrected chi connectivity index (χ2v) is 10.9. The zero-order chi connectivity index (χ0) is 33.2. The molecule has 47 heavy (non-hydrogen) atoms. The summed E-state index contributed by atoms with van der Waals surface area (Å²) in [5, 5.41) is 7.29. The Kier molecular flexibility index (Phi) is 10.8. The third-order valence-corrected chi connectivity index (χ3v) is 7.66. The van der Waals surface area contributed by atoms with E-state index in [1.807, 2.05) is 58.4 Å². The van der Waals surface area contributed by atoms with E-state index in [4.69, 9.17) is 10.5 Å². The van der Waals surface area contributed by atoms with Crippen LogP contribution in [-0.4, -0.2) is 86.8 Å². The normalized spacial score (nSPS) is 15.2. The molecule has 4 aromatic heterocycles. The fourth-order valence-electron chi connectivity index (χ4n) is 5.14. The van der Waals surface area contributed by atoms with Gasteiger partial charge in [0, 0.05) is 86.6 Å². The van der Waals surface area contributed by atoms with Crippen LogP contribution in [0.25, 0.3) is 33.3 Å². The third kappa shape index (κ3) is 8.32. The minimum absolute atomic E-state index is 0.0525. The van der Waals surface area contributed by atoms with E-state index in [0.717, 1.165) is 76.0 Å². The number of pyridine rings is 1. The molecule has 5 N–H and O–H groups in total. The van der Waals surface area contributed by atoms with Crippen LogP contribution in [0.1, 0.15) is 18.9 Å². The fourth-order valence-corrected chi connectivity index (χ4v) is 5.14. The number of nitrogens with one attached hydrogen (secondary N) is 3. The number of amidine groups is 1. The van der Waals surface area contributed by atoms with Gasteiger partial charge in [0.15, 0.2) is 0 Å². The number of allylic oxidation sites excluding steroid dienone is 1. The van der Waals surface area contributed by atoms with Crippen molar-refractivity contribution in [2.45, 2.75) is 26.4 Å². The molecule has 1 atom stereocenters. The van der Waals surface area contributed by atoms with E-state index in [2.05, 4.69) is 56.5 Å². The number of aryl methyl sites for hydroxylation is 1. The first-order valence-electron chi connectivity index (χ1n) is 15.3. The Morgan fingerprint density at radius 3 is 2.64 bits per heavy atom. The number of rotatable bonds is 10. The van der Waals surface area contributed by atoms with E-state index >= 15 is 0 Å². The molecule has 1 saturated heterocycles. The van der Waals surface area contributed by atoms with Gasteiger partial charge in [0.2, 0.25) is 0 Å². The number of para-hydroxylation sites is 1. The molecule has 0 bridgehead atoms. The molecule has 0 saturated carbocycles. The SMILES string of the molecule is CN/C(C)=C\C(N)=N/c1ncc(C)c(-c2c[nH]c3c(NC)cccc23)n1.O=CCN1CCC(Oc2ncc(-c3ccncc3)cn2)C1. The molecule has 1 fully saturated rings. The number of H-pyrrole nitrogens is 1. The maximum absolute atomic E-state index is 10.5. The molecule has 1 aromatic carbocycles. The zero-order valence-corrected chi connectivity index (χ0v) is 26.9. The summed E-state index contributed by atoms with van der Waals surface area (Å²) in [6.07, 6.45) is 14.3. The molecule has 242 valence electrons. The van der Waals surface area contributed by atoms with Crippen LogP contribution in [0.15, 0.2) is 84.3 Å². The van der Waals surface area contributed by atoms with Gasteiger partial charge in [0.25, 0.3) is 5.95 Å². The maximum atomic E-state index is 10.5. The first-order chi connectivity index (χ1) is 22.9. The van der Waals surface area contributed by atoms with E-state index in [1.54, 1.807) is 37.1 Å². The Morgan fingerprint density at radius 2 is 1.91 bits per heavy atom. The molecule has 6 rings (SSSR count). The number of aromatic nitrogens is 6. The molecule has 1 aliphatic heterocycles. The first kappa shape index (κ1) is 32.7. The Labute approximate surface area is 273 Å². The average molecular weight is 634 g/mol.